The standard InChI is InChI=1S/C18H14ClN5O2.C2H6/c19-15-4-16-17(23-18(15)25)3-11(6-22-16)8-24-9-14(10-24)26-13-2-1-12(5-20)21-7-13;1-2/h1-4,6-7,14H,8-10H2,(H,23,25);1-2H3. The number of nitrogens with one attached hydrogen (secondary N) is 1. The van der Waals surface area contributed by atoms with Gasteiger partial charge in [-0.2, -0.15) is 5.26 Å². The highest BCUT2D eigenvalue weighted by molar-refractivity contribution is 6.30. The highest BCUT2D eigenvalue weighted by atomic mass is 35.5. The predicted molar refractivity (Wildman–Crippen MR) is 107 cm³/mol. The van der Waals surface area contributed by atoms with Gasteiger partial charge in [0.1, 0.15) is 28.6 Å². The Balaban J connectivity index is 0.00000109. The second-order valence-electron chi connectivity index (χ2n) is 6.15. The van der Waals surface area contributed by atoms with E-state index in [1.807, 2.05) is 26.0 Å². The van der Waals surface area contributed by atoms with Crippen molar-refractivity contribution < 1.29 is 4.74 Å². The molecule has 1 aliphatic heterocycles. The molecule has 0 spiro atoms. The van der Waals surface area contributed by atoms with Crippen LogP contribution in [0.5, 0.6) is 5.75 Å². The number of nitriles is 1. The normalized spacial score (nSPS) is 13.9. The lowest BCUT2D eigenvalue weighted by atomic mass is 10.1. The first-order valence-corrected chi connectivity index (χ1v) is 9.41. The molecule has 1 N–H and O–H groups in total. The van der Waals surface area contributed by atoms with Gasteiger partial charge in [0.05, 0.1) is 17.2 Å². The predicted octanol–water partition coefficient (Wildman–Crippen LogP) is 3.13. The Morgan fingerprint density at radius 1 is 1.29 bits per heavy atom. The Labute approximate surface area is 167 Å². The number of ether oxygens (including phenoxy) is 1. The van der Waals surface area contributed by atoms with Gasteiger partial charge in [0.2, 0.25) is 0 Å². The van der Waals surface area contributed by atoms with Crippen molar-refractivity contribution in [3.05, 3.63) is 63.3 Å². The van der Waals surface area contributed by atoms with Crippen LogP contribution in [-0.4, -0.2) is 39.0 Å². The number of aromatic nitrogens is 3. The van der Waals surface area contributed by atoms with E-state index in [2.05, 4.69) is 19.9 Å². The van der Waals surface area contributed by atoms with Crippen LogP contribution in [0.2, 0.25) is 5.02 Å². The zero-order valence-electron chi connectivity index (χ0n) is 15.6. The molecule has 0 radical (unpaired) electrons. The van der Waals surface area contributed by atoms with Gasteiger partial charge in [0.15, 0.2) is 0 Å². The summed E-state index contributed by atoms with van der Waals surface area (Å²) in [7, 11) is 0. The number of H-pyrrole nitrogens is 1. The van der Waals surface area contributed by atoms with Gasteiger partial charge >= 0.3 is 0 Å². The van der Waals surface area contributed by atoms with Gasteiger partial charge in [-0.05, 0) is 29.8 Å². The first kappa shape index (κ1) is 19.8. The molecule has 144 valence electrons. The Hall–Kier alpha value is -2.95. The molecule has 8 heteroatoms. The van der Waals surface area contributed by atoms with Crippen LogP contribution in [0, 0.1) is 11.3 Å². The minimum atomic E-state index is -0.313. The van der Waals surface area contributed by atoms with Crippen molar-refractivity contribution in [3.8, 4) is 11.8 Å². The van der Waals surface area contributed by atoms with Gasteiger partial charge in [0, 0.05) is 25.8 Å². The van der Waals surface area contributed by atoms with E-state index < -0.39 is 0 Å². The van der Waals surface area contributed by atoms with Crippen molar-refractivity contribution in [2.24, 2.45) is 0 Å². The van der Waals surface area contributed by atoms with Crippen LogP contribution in [0.4, 0.5) is 0 Å². The molecule has 28 heavy (non-hydrogen) atoms. The van der Waals surface area contributed by atoms with Gasteiger partial charge in [-0.1, -0.05) is 25.4 Å². The SMILES string of the molecule is CC.N#Cc1ccc(OC2CN(Cc3cnc4cc(Cl)c(=O)[nH]c4c3)C2)cn1. The summed E-state index contributed by atoms with van der Waals surface area (Å²) in [5.41, 5.74) is 2.40. The quantitative estimate of drug-likeness (QED) is 0.726. The topological polar surface area (TPSA) is 94.9 Å². The molecule has 4 heterocycles. The third kappa shape index (κ3) is 4.47. The zero-order chi connectivity index (χ0) is 20.1. The third-order valence-electron chi connectivity index (χ3n) is 4.19. The number of nitrogens with zero attached hydrogens (tertiary/aromatic N) is 4. The lowest BCUT2D eigenvalue weighted by molar-refractivity contribution is 0.0143. The Kier molecular flexibility index (Phi) is 6.24. The number of hydrogen-bond donors (Lipinski definition) is 1. The van der Waals surface area contributed by atoms with Crippen LogP contribution in [-0.2, 0) is 6.54 Å². The molecule has 3 aromatic heterocycles. The summed E-state index contributed by atoms with van der Waals surface area (Å²) < 4.78 is 5.83. The van der Waals surface area contributed by atoms with E-state index >= 15 is 0 Å². The van der Waals surface area contributed by atoms with Crippen LogP contribution in [0.15, 0.2) is 41.5 Å². The summed E-state index contributed by atoms with van der Waals surface area (Å²) in [4.78, 5) is 24.9. The number of aromatic amines is 1. The molecule has 1 fully saturated rings. The molecule has 3 aromatic rings. The number of likely N-dealkylation sites (tertiary alicyclic amines) is 1. The van der Waals surface area contributed by atoms with Crippen LogP contribution in [0.25, 0.3) is 11.0 Å². The Morgan fingerprint density at radius 2 is 2.07 bits per heavy atom. The van der Waals surface area contributed by atoms with Crippen molar-refractivity contribution in [3.63, 3.8) is 0 Å². The third-order valence-corrected chi connectivity index (χ3v) is 4.47. The molecule has 7 nitrogen and oxygen atoms in total. The van der Waals surface area contributed by atoms with Crippen molar-refractivity contribution >= 4 is 22.6 Å². The summed E-state index contributed by atoms with van der Waals surface area (Å²) in [5.74, 6) is 0.662. The first-order valence-electron chi connectivity index (χ1n) is 9.03. The van der Waals surface area contributed by atoms with E-state index in [9.17, 15) is 4.79 Å². The number of halogens is 1. The fourth-order valence-corrected chi connectivity index (χ4v) is 3.03. The highest BCUT2D eigenvalue weighted by Crippen LogP contribution is 2.20. The van der Waals surface area contributed by atoms with Crippen LogP contribution in [0.3, 0.4) is 0 Å². The molecule has 0 unspecified atom stereocenters. The lowest BCUT2D eigenvalue weighted by Gasteiger charge is -2.38. The first-order chi connectivity index (χ1) is 13.6. The van der Waals surface area contributed by atoms with Gasteiger partial charge in [0.25, 0.3) is 5.56 Å². The summed E-state index contributed by atoms with van der Waals surface area (Å²) in [6, 6.07) is 8.85. The summed E-state index contributed by atoms with van der Waals surface area (Å²) in [6.07, 6.45) is 3.45. The van der Waals surface area contributed by atoms with Crippen molar-refractivity contribution in [1.29, 1.82) is 5.26 Å². The average Bonchev–Trinajstić information content (AvgIpc) is 2.69. The van der Waals surface area contributed by atoms with Gasteiger partial charge in [-0.15, -0.1) is 0 Å². The van der Waals surface area contributed by atoms with Crippen LogP contribution < -0.4 is 10.3 Å². The van der Waals surface area contributed by atoms with Gasteiger partial charge in [-0.25, -0.2) is 4.98 Å². The van der Waals surface area contributed by atoms with E-state index in [1.165, 1.54) is 0 Å². The van der Waals surface area contributed by atoms with Crippen LogP contribution in [0.1, 0.15) is 25.1 Å². The van der Waals surface area contributed by atoms with E-state index in [0.29, 0.717) is 22.5 Å². The number of pyridine rings is 3. The molecular weight excluding hydrogens is 378 g/mol. The maximum atomic E-state index is 11.6. The molecule has 0 aromatic carbocycles. The minimum absolute atomic E-state index is 0.0942. The van der Waals surface area contributed by atoms with E-state index in [-0.39, 0.29) is 16.7 Å². The van der Waals surface area contributed by atoms with Crippen molar-refractivity contribution in [2.75, 3.05) is 13.1 Å². The van der Waals surface area contributed by atoms with Gasteiger partial charge in [-0.3, -0.25) is 14.7 Å². The fraction of sp³-hybridized carbons (Fsp3) is 0.300. The van der Waals surface area contributed by atoms with Crippen LogP contribution >= 0.6 is 11.6 Å². The van der Waals surface area contributed by atoms with Crippen molar-refractivity contribution in [1.82, 2.24) is 19.9 Å². The fourth-order valence-electron chi connectivity index (χ4n) is 2.88. The maximum Gasteiger partial charge on any atom is 0.267 e. The van der Waals surface area contributed by atoms with Gasteiger partial charge < -0.3 is 9.72 Å². The van der Waals surface area contributed by atoms with E-state index in [4.69, 9.17) is 21.6 Å². The molecular formula is C20H20ClN5O2. The molecule has 4 rings (SSSR count). The minimum Gasteiger partial charge on any atom is -0.486 e. The second kappa shape index (κ2) is 8.83. The average molecular weight is 398 g/mol. The summed E-state index contributed by atoms with van der Waals surface area (Å²) >= 11 is 5.82. The number of fused-ring (bicyclic) bond motifs is 1. The van der Waals surface area contributed by atoms with Crippen molar-refractivity contribution in [2.45, 2.75) is 26.5 Å². The Bertz CT molecular complexity index is 1050. The Morgan fingerprint density at radius 3 is 2.75 bits per heavy atom. The monoisotopic (exact) mass is 397 g/mol. The highest BCUT2D eigenvalue weighted by Gasteiger charge is 2.28. The number of rotatable bonds is 4. The molecule has 0 amide bonds. The second-order valence-corrected chi connectivity index (χ2v) is 6.55. The van der Waals surface area contributed by atoms with E-state index in [0.717, 1.165) is 25.2 Å². The lowest BCUT2D eigenvalue weighted by Crippen LogP contribution is -2.53. The smallest absolute Gasteiger partial charge is 0.267 e. The summed E-state index contributed by atoms with van der Waals surface area (Å²) in [5, 5.41) is 8.88. The molecule has 1 saturated heterocycles. The zero-order valence-corrected chi connectivity index (χ0v) is 16.4. The van der Waals surface area contributed by atoms with E-state index in [1.54, 1.807) is 30.6 Å². The molecule has 1 aliphatic rings. The molecule has 0 saturated carbocycles. The maximum absolute atomic E-state index is 11.6. The molecule has 0 aliphatic carbocycles. The largest absolute Gasteiger partial charge is 0.486 e. The summed E-state index contributed by atoms with van der Waals surface area (Å²) in [6.45, 7) is 6.30. The number of hydrogen-bond acceptors (Lipinski definition) is 6. The molecule has 0 bridgehead atoms. The molecule has 0 atom stereocenters.